The Labute approximate surface area is 169 Å². The molecule has 142 valence electrons. The van der Waals surface area contributed by atoms with Gasteiger partial charge in [0.25, 0.3) is 0 Å². The Hall–Kier alpha value is -3.65. The van der Waals surface area contributed by atoms with Crippen LogP contribution in [0.2, 0.25) is 5.02 Å². The first-order valence-electron chi connectivity index (χ1n) is 8.78. The summed E-state index contributed by atoms with van der Waals surface area (Å²) >= 11 is 6.31. The molecular weight excluding hydrogens is 393 g/mol. The summed E-state index contributed by atoms with van der Waals surface area (Å²) in [5, 5.41) is 3.73. The van der Waals surface area contributed by atoms with Gasteiger partial charge in [-0.25, -0.2) is 29.3 Å². The average Bonchev–Trinajstić information content (AvgIpc) is 3.21. The van der Waals surface area contributed by atoms with E-state index in [1.807, 2.05) is 12.1 Å². The maximum Gasteiger partial charge on any atom is 0.182 e. The van der Waals surface area contributed by atoms with Crippen molar-refractivity contribution >= 4 is 39.6 Å². The van der Waals surface area contributed by atoms with Crippen molar-refractivity contribution in [2.45, 2.75) is 6.54 Å². The van der Waals surface area contributed by atoms with Crippen LogP contribution in [0.4, 0.5) is 10.2 Å². The predicted octanol–water partition coefficient (Wildman–Crippen LogP) is 4.37. The summed E-state index contributed by atoms with van der Waals surface area (Å²) in [6, 6.07) is 11.6. The quantitative estimate of drug-likeness (QED) is 0.461. The van der Waals surface area contributed by atoms with Crippen molar-refractivity contribution in [3.8, 4) is 11.3 Å². The van der Waals surface area contributed by atoms with Crippen LogP contribution in [-0.4, -0.2) is 29.9 Å². The molecule has 5 aromatic rings. The Balaban J connectivity index is 1.61. The number of rotatable bonds is 4. The van der Waals surface area contributed by atoms with Crippen molar-refractivity contribution in [1.82, 2.24) is 29.9 Å². The van der Waals surface area contributed by atoms with Crippen LogP contribution in [0, 0.1) is 5.82 Å². The fourth-order valence-corrected chi connectivity index (χ4v) is 3.35. The van der Waals surface area contributed by atoms with Crippen molar-refractivity contribution < 1.29 is 4.39 Å². The zero-order valence-electron chi connectivity index (χ0n) is 14.9. The zero-order chi connectivity index (χ0) is 19.8. The molecule has 0 unspecified atom stereocenters. The van der Waals surface area contributed by atoms with E-state index in [9.17, 15) is 4.39 Å². The van der Waals surface area contributed by atoms with Crippen LogP contribution >= 0.6 is 11.6 Å². The number of anilines is 1. The van der Waals surface area contributed by atoms with Gasteiger partial charge in [0.05, 0.1) is 34.8 Å². The third-order valence-corrected chi connectivity index (χ3v) is 4.77. The number of aromatic nitrogens is 6. The first-order chi connectivity index (χ1) is 14.2. The number of halogens is 2. The highest BCUT2D eigenvalue weighted by atomic mass is 35.5. The molecule has 0 bridgehead atoms. The molecule has 0 aliphatic rings. The molecule has 3 heterocycles. The van der Waals surface area contributed by atoms with Gasteiger partial charge in [-0.05, 0) is 24.3 Å². The lowest BCUT2D eigenvalue weighted by Gasteiger charge is -2.12. The molecule has 0 atom stereocenters. The van der Waals surface area contributed by atoms with Crippen molar-refractivity contribution in [2.24, 2.45) is 0 Å². The van der Waals surface area contributed by atoms with Gasteiger partial charge in [-0.3, -0.25) is 0 Å². The Bertz CT molecular complexity index is 1350. The van der Waals surface area contributed by atoms with Gasteiger partial charge in [0, 0.05) is 5.56 Å². The van der Waals surface area contributed by atoms with Crippen molar-refractivity contribution in [3.05, 3.63) is 71.7 Å². The number of para-hydroxylation sites is 1. The largest absolute Gasteiger partial charge is 0.362 e. The number of benzene rings is 2. The summed E-state index contributed by atoms with van der Waals surface area (Å²) < 4.78 is 13.8. The molecule has 5 rings (SSSR count). The molecule has 29 heavy (non-hydrogen) atoms. The Morgan fingerprint density at radius 2 is 1.93 bits per heavy atom. The Morgan fingerprint density at radius 3 is 2.83 bits per heavy atom. The van der Waals surface area contributed by atoms with Crippen LogP contribution in [0.1, 0.15) is 5.69 Å². The Kier molecular flexibility index (Phi) is 4.25. The van der Waals surface area contributed by atoms with Gasteiger partial charge in [0.2, 0.25) is 0 Å². The van der Waals surface area contributed by atoms with Crippen LogP contribution in [0.5, 0.6) is 0 Å². The van der Waals surface area contributed by atoms with E-state index in [1.54, 1.807) is 24.5 Å². The van der Waals surface area contributed by atoms with Crippen LogP contribution in [-0.2, 0) is 6.54 Å². The molecule has 0 aliphatic heterocycles. The van der Waals surface area contributed by atoms with E-state index in [2.05, 4.69) is 25.3 Å². The number of nitrogens with one attached hydrogen (secondary N) is 2. The van der Waals surface area contributed by atoms with E-state index in [-0.39, 0.29) is 5.82 Å². The zero-order valence-corrected chi connectivity index (χ0v) is 15.7. The summed E-state index contributed by atoms with van der Waals surface area (Å²) in [5.41, 5.74) is 4.27. The number of aromatic amines is 1. The van der Waals surface area contributed by atoms with Crippen molar-refractivity contribution in [1.29, 1.82) is 0 Å². The van der Waals surface area contributed by atoms with Crippen LogP contribution in [0.25, 0.3) is 33.5 Å². The SMILES string of the molecule is Fc1cccc(-c2nc3c(Cl)cccc3nc2CNc2ncnc3nc[nH]c23)c1. The van der Waals surface area contributed by atoms with Gasteiger partial charge in [-0.15, -0.1) is 0 Å². The second-order valence-corrected chi connectivity index (χ2v) is 6.72. The highest BCUT2D eigenvalue weighted by Gasteiger charge is 2.14. The Morgan fingerprint density at radius 1 is 1.03 bits per heavy atom. The lowest BCUT2D eigenvalue weighted by atomic mass is 10.1. The molecule has 3 aromatic heterocycles. The normalized spacial score (nSPS) is 11.2. The van der Waals surface area contributed by atoms with Gasteiger partial charge in [0.1, 0.15) is 23.2 Å². The number of hydrogen-bond acceptors (Lipinski definition) is 6. The summed E-state index contributed by atoms with van der Waals surface area (Å²) in [6.07, 6.45) is 2.99. The molecule has 2 N–H and O–H groups in total. The molecule has 0 saturated carbocycles. The number of imidazole rings is 1. The van der Waals surface area contributed by atoms with E-state index in [4.69, 9.17) is 21.6 Å². The van der Waals surface area contributed by atoms with Gasteiger partial charge >= 0.3 is 0 Å². The minimum Gasteiger partial charge on any atom is -0.362 e. The first-order valence-corrected chi connectivity index (χ1v) is 9.16. The summed E-state index contributed by atoms with van der Waals surface area (Å²) in [4.78, 5) is 24.9. The standard InChI is InChI=1S/C20H13ClFN7/c21-13-5-2-6-14-17(13)29-16(11-3-1-4-12(22)7-11)15(28-14)8-23-19-18-20(25-9-24-18)27-10-26-19/h1-7,9-10H,8H2,(H2,23,24,25,26,27). The lowest BCUT2D eigenvalue weighted by Crippen LogP contribution is -2.08. The maximum absolute atomic E-state index is 13.8. The molecule has 9 heteroatoms. The highest BCUT2D eigenvalue weighted by Crippen LogP contribution is 2.28. The smallest absolute Gasteiger partial charge is 0.182 e. The van der Waals surface area contributed by atoms with Gasteiger partial charge < -0.3 is 10.3 Å². The molecule has 0 fully saturated rings. The second kappa shape index (κ2) is 7.06. The molecule has 0 aliphatic carbocycles. The van der Waals surface area contributed by atoms with E-state index in [0.717, 1.165) is 0 Å². The van der Waals surface area contributed by atoms with Crippen LogP contribution < -0.4 is 5.32 Å². The fraction of sp³-hybridized carbons (Fsp3) is 0.0500. The first kappa shape index (κ1) is 17.4. The average molecular weight is 406 g/mol. The van der Waals surface area contributed by atoms with Gasteiger partial charge in [0.15, 0.2) is 11.5 Å². The molecular formula is C20H13ClFN7. The van der Waals surface area contributed by atoms with E-state index < -0.39 is 0 Å². The van der Waals surface area contributed by atoms with Gasteiger partial charge in [-0.2, -0.15) is 0 Å². The van der Waals surface area contributed by atoms with Crippen molar-refractivity contribution in [2.75, 3.05) is 5.32 Å². The van der Waals surface area contributed by atoms with Crippen LogP contribution in [0.3, 0.4) is 0 Å². The topological polar surface area (TPSA) is 92.3 Å². The minimum atomic E-state index is -0.350. The number of hydrogen-bond donors (Lipinski definition) is 2. The lowest BCUT2D eigenvalue weighted by molar-refractivity contribution is 0.628. The molecule has 0 spiro atoms. The maximum atomic E-state index is 13.8. The van der Waals surface area contributed by atoms with E-state index >= 15 is 0 Å². The fourth-order valence-electron chi connectivity index (χ4n) is 3.14. The summed E-state index contributed by atoms with van der Waals surface area (Å²) in [6.45, 7) is 0.312. The van der Waals surface area contributed by atoms with Gasteiger partial charge in [-0.1, -0.05) is 29.8 Å². The van der Waals surface area contributed by atoms with E-state index in [1.165, 1.54) is 18.5 Å². The predicted molar refractivity (Wildman–Crippen MR) is 109 cm³/mol. The third-order valence-electron chi connectivity index (χ3n) is 4.46. The summed E-state index contributed by atoms with van der Waals surface area (Å²) in [5.74, 6) is 0.239. The molecule has 0 radical (unpaired) electrons. The van der Waals surface area contributed by atoms with Crippen molar-refractivity contribution in [3.63, 3.8) is 0 Å². The number of nitrogens with zero attached hydrogens (tertiary/aromatic N) is 5. The second-order valence-electron chi connectivity index (χ2n) is 6.31. The molecule has 2 aromatic carbocycles. The number of H-pyrrole nitrogens is 1. The number of fused-ring (bicyclic) bond motifs is 2. The minimum absolute atomic E-state index is 0.312. The van der Waals surface area contributed by atoms with Crippen LogP contribution in [0.15, 0.2) is 55.1 Å². The molecule has 0 amide bonds. The van der Waals surface area contributed by atoms with E-state index in [0.29, 0.717) is 56.5 Å². The third kappa shape index (κ3) is 3.23. The molecule has 7 nitrogen and oxygen atoms in total. The summed E-state index contributed by atoms with van der Waals surface area (Å²) in [7, 11) is 0. The molecule has 0 saturated heterocycles. The highest BCUT2D eigenvalue weighted by molar-refractivity contribution is 6.34. The monoisotopic (exact) mass is 405 g/mol.